The lowest BCUT2D eigenvalue weighted by Crippen LogP contribution is -2.47. The molecular weight excluding hydrogens is 245 g/mol. The Labute approximate surface area is 121 Å². The Morgan fingerprint density at radius 3 is 2.50 bits per heavy atom. The van der Waals surface area contributed by atoms with Crippen molar-refractivity contribution in [2.75, 3.05) is 0 Å². The molecule has 0 atom stereocenters. The molecule has 2 aromatic rings. The Morgan fingerprint density at radius 2 is 1.90 bits per heavy atom. The molecule has 0 aliphatic heterocycles. The van der Waals surface area contributed by atoms with Gasteiger partial charge in [0.2, 0.25) is 0 Å². The second-order valence-corrected chi connectivity index (χ2v) is 5.00. The quantitative estimate of drug-likeness (QED) is 0.375. The van der Waals surface area contributed by atoms with Gasteiger partial charge in [-0.2, -0.15) is 0 Å². The summed E-state index contributed by atoms with van der Waals surface area (Å²) in [4.78, 5) is 4.35. The molecule has 0 fully saturated rings. The van der Waals surface area contributed by atoms with Gasteiger partial charge in [-0.25, -0.2) is 0 Å². The molecule has 1 aromatic heterocycles. The number of terminal acetylenes is 1. The van der Waals surface area contributed by atoms with E-state index >= 15 is 0 Å². The molecule has 0 unspecified atom stereocenters. The van der Waals surface area contributed by atoms with Gasteiger partial charge in [-0.05, 0) is 31.5 Å². The Bertz CT molecular complexity index is 585. The third-order valence-corrected chi connectivity index (χ3v) is 3.11. The van der Waals surface area contributed by atoms with Crippen molar-refractivity contribution in [3.63, 3.8) is 0 Å². The molecule has 2 rings (SSSR count). The van der Waals surface area contributed by atoms with Gasteiger partial charge in [0.25, 0.3) is 0 Å². The summed E-state index contributed by atoms with van der Waals surface area (Å²) in [6.07, 6.45) is 6.97. The van der Waals surface area contributed by atoms with Crippen molar-refractivity contribution in [3.8, 4) is 23.5 Å². The van der Waals surface area contributed by atoms with Gasteiger partial charge >= 0.3 is 7.41 Å². The van der Waals surface area contributed by atoms with Gasteiger partial charge in [0.15, 0.2) is 0 Å². The largest absolute Gasteiger partial charge is 0.323 e. The molecule has 0 saturated heterocycles. The van der Waals surface area contributed by atoms with E-state index in [2.05, 4.69) is 59.7 Å². The van der Waals surface area contributed by atoms with Crippen LogP contribution in [0.15, 0.2) is 48.7 Å². The summed E-state index contributed by atoms with van der Waals surface area (Å²) in [5.74, 6) is 2.42. The van der Waals surface area contributed by atoms with Crippen LogP contribution in [0.5, 0.6) is 0 Å². The summed E-state index contributed by atoms with van der Waals surface area (Å²) in [5.41, 5.74) is 6.19. The predicted molar refractivity (Wildman–Crippen MR) is 83.6 cm³/mol. The standard InChI is InChI=1S/C16H17BN3/c1-4-17-20-19-16(2,3)14-10-8-13(9-11-14)15-7-5-6-12-18-15/h1,5-12,19-20H,2-3H3. The zero-order valence-electron chi connectivity index (χ0n) is 11.7. The number of rotatable bonds is 5. The van der Waals surface area contributed by atoms with E-state index in [9.17, 15) is 0 Å². The van der Waals surface area contributed by atoms with Gasteiger partial charge in [-0.3, -0.25) is 15.7 Å². The van der Waals surface area contributed by atoms with Crippen LogP contribution in [-0.2, 0) is 5.54 Å². The van der Waals surface area contributed by atoms with Gasteiger partial charge in [0, 0.05) is 11.8 Å². The van der Waals surface area contributed by atoms with Gasteiger partial charge in [-0.1, -0.05) is 30.3 Å². The van der Waals surface area contributed by atoms with Crippen molar-refractivity contribution < 1.29 is 0 Å². The topological polar surface area (TPSA) is 37.0 Å². The molecule has 1 heterocycles. The molecule has 99 valence electrons. The third-order valence-electron chi connectivity index (χ3n) is 3.11. The molecule has 0 spiro atoms. The van der Waals surface area contributed by atoms with Crippen LogP contribution in [0.1, 0.15) is 19.4 Å². The molecule has 0 saturated carbocycles. The highest BCUT2D eigenvalue weighted by Crippen LogP contribution is 2.23. The number of nitrogens with zero attached hydrogens (tertiary/aromatic N) is 1. The van der Waals surface area contributed by atoms with Crippen molar-refractivity contribution >= 4 is 7.41 Å². The van der Waals surface area contributed by atoms with E-state index in [0.717, 1.165) is 16.8 Å². The summed E-state index contributed by atoms with van der Waals surface area (Å²) < 4.78 is 0. The summed E-state index contributed by atoms with van der Waals surface area (Å²) >= 11 is 0. The molecule has 3 nitrogen and oxygen atoms in total. The van der Waals surface area contributed by atoms with Crippen molar-refractivity contribution in [1.82, 2.24) is 15.7 Å². The molecule has 1 radical (unpaired) electrons. The Morgan fingerprint density at radius 1 is 1.15 bits per heavy atom. The maximum atomic E-state index is 5.17. The number of hydrogen-bond donors (Lipinski definition) is 2. The molecule has 0 bridgehead atoms. The number of hydrazine groups is 1. The molecule has 20 heavy (non-hydrogen) atoms. The van der Waals surface area contributed by atoms with Crippen LogP contribution >= 0.6 is 0 Å². The van der Waals surface area contributed by atoms with Crippen LogP contribution in [0.3, 0.4) is 0 Å². The van der Waals surface area contributed by atoms with E-state index in [1.165, 1.54) is 7.41 Å². The highest BCUT2D eigenvalue weighted by Gasteiger charge is 2.19. The van der Waals surface area contributed by atoms with Crippen molar-refractivity contribution in [1.29, 1.82) is 0 Å². The minimum Gasteiger partial charge on any atom is -0.286 e. The molecule has 2 N–H and O–H groups in total. The van der Waals surface area contributed by atoms with Crippen LogP contribution in [0.4, 0.5) is 0 Å². The zero-order chi connectivity index (χ0) is 14.4. The maximum Gasteiger partial charge on any atom is 0.323 e. The van der Waals surface area contributed by atoms with Gasteiger partial charge < -0.3 is 0 Å². The summed E-state index contributed by atoms with van der Waals surface area (Å²) in [6, 6.07) is 14.2. The molecular formula is C16H17BN3. The van der Waals surface area contributed by atoms with E-state index < -0.39 is 0 Å². The summed E-state index contributed by atoms with van der Waals surface area (Å²) in [7, 11) is 1.53. The third kappa shape index (κ3) is 3.48. The van der Waals surface area contributed by atoms with E-state index in [0.29, 0.717) is 0 Å². The first-order chi connectivity index (χ1) is 9.63. The molecule has 4 heteroatoms. The fourth-order valence-corrected chi connectivity index (χ4v) is 1.92. The minimum absolute atomic E-state index is 0.226. The van der Waals surface area contributed by atoms with Crippen molar-refractivity contribution in [2.24, 2.45) is 0 Å². The van der Waals surface area contributed by atoms with Crippen LogP contribution in [-0.4, -0.2) is 12.4 Å². The van der Waals surface area contributed by atoms with Gasteiger partial charge in [-0.15, -0.1) is 12.2 Å². The first kappa shape index (κ1) is 14.3. The van der Waals surface area contributed by atoms with Crippen LogP contribution < -0.4 is 10.8 Å². The van der Waals surface area contributed by atoms with Crippen LogP contribution in [0, 0.1) is 12.2 Å². The highest BCUT2D eigenvalue weighted by atomic mass is 15.3. The number of pyridine rings is 1. The zero-order valence-corrected chi connectivity index (χ0v) is 11.7. The Balaban J connectivity index is 2.14. The lowest BCUT2D eigenvalue weighted by molar-refractivity contribution is 0.388. The molecule has 0 aliphatic rings. The second kappa shape index (κ2) is 6.38. The van der Waals surface area contributed by atoms with E-state index in [-0.39, 0.29) is 5.54 Å². The first-order valence-corrected chi connectivity index (χ1v) is 6.46. The number of benzene rings is 1. The van der Waals surface area contributed by atoms with Gasteiger partial charge in [0.05, 0.1) is 11.2 Å². The van der Waals surface area contributed by atoms with Crippen molar-refractivity contribution in [2.45, 2.75) is 19.4 Å². The summed E-state index contributed by atoms with van der Waals surface area (Å²) in [6.45, 7) is 4.17. The van der Waals surface area contributed by atoms with Crippen molar-refractivity contribution in [3.05, 3.63) is 54.2 Å². The molecule has 1 aromatic carbocycles. The highest BCUT2D eigenvalue weighted by molar-refractivity contribution is 6.42. The van der Waals surface area contributed by atoms with Crippen LogP contribution in [0.2, 0.25) is 0 Å². The first-order valence-electron chi connectivity index (χ1n) is 6.46. The number of nitrogens with one attached hydrogen (secondary N) is 2. The van der Waals surface area contributed by atoms with E-state index in [4.69, 9.17) is 6.42 Å². The minimum atomic E-state index is -0.226. The fourth-order valence-electron chi connectivity index (χ4n) is 1.92. The van der Waals surface area contributed by atoms with E-state index in [1.54, 1.807) is 6.20 Å². The molecule has 0 aliphatic carbocycles. The predicted octanol–water partition coefficient (Wildman–Crippen LogP) is 2.29. The Kier molecular flexibility index (Phi) is 4.57. The number of aromatic nitrogens is 1. The smallest absolute Gasteiger partial charge is 0.286 e. The van der Waals surface area contributed by atoms with E-state index in [1.807, 2.05) is 18.2 Å². The SMILES string of the molecule is C#C[B]NNC(C)(C)c1ccc(-c2ccccn2)cc1. The Hall–Kier alpha value is -2.09. The lowest BCUT2D eigenvalue weighted by atomic mass is 9.92. The monoisotopic (exact) mass is 262 g/mol. The van der Waals surface area contributed by atoms with Gasteiger partial charge in [0.1, 0.15) is 0 Å². The molecule has 0 amide bonds. The lowest BCUT2D eigenvalue weighted by Gasteiger charge is -2.27. The van der Waals surface area contributed by atoms with Crippen LogP contribution in [0.25, 0.3) is 11.3 Å². The number of hydrogen-bond acceptors (Lipinski definition) is 3. The summed E-state index contributed by atoms with van der Waals surface area (Å²) in [5, 5.41) is 2.90. The average Bonchev–Trinajstić information content (AvgIpc) is 2.48. The fraction of sp³-hybridized carbons (Fsp3) is 0.188. The normalized spacial score (nSPS) is 10.8. The average molecular weight is 262 g/mol. The maximum absolute atomic E-state index is 5.17. The second-order valence-electron chi connectivity index (χ2n) is 5.00.